The number of ether oxygens (including phenoxy) is 4. The van der Waals surface area contributed by atoms with Crippen LogP contribution in [0.5, 0.6) is 11.5 Å². The Morgan fingerprint density at radius 2 is 1.48 bits per heavy atom. The van der Waals surface area contributed by atoms with Gasteiger partial charge in [0, 0.05) is 0 Å². The number of methoxy groups -OCH3 is 1. The van der Waals surface area contributed by atoms with Crippen LogP contribution in [0.25, 0.3) is 6.08 Å². The predicted octanol–water partition coefficient (Wildman–Crippen LogP) is 11.4. The molecule has 0 unspecified atom stereocenters. The van der Waals surface area contributed by atoms with Crippen LogP contribution in [0.15, 0.2) is 93.7 Å². The van der Waals surface area contributed by atoms with Gasteiger partial charge in [-0.05, 0) is 0 Å². The second-order valence-electron chi connectivity index (χ2n) is 13.0. The molecular formula is C41H57NO4SSn. The van der Waals surface area contributed by atoms with E-state index in [1.54, 1.807) is 11.8 Å². The van der Waals surface area contributed by atoms with Crippen LogP contribution in [-0.4, -0.2) is 55.3 Å². The van der Waals surface area contributed by atoms with Gasteiger partial charge in [0.05, 0.1) is 0 Å². The second-order valence-corrected chi connectivity index (χ2v) is 28.0. The molecule has 0 fully saturated rings. The van der Waals surface area contributed by atoms with Gasteiger partial charge in [0.25, 0.3) is 0 Å². The van der Waals surface area contributed by atoms with E-state index in [0.29, 0.717) is 13.0 Å². The van der Waals surface area contributed by atoms with Crippen LogP contribution in [0.2, 0.25) is 13.3 Å². The number of benzene rings is 3. The van der Waals surface area contributed by atoms with Gasteiger partial charge in [0.15, 0.2) is 5.75 Å². The molecule has 3 aromatic carbocycles. The molecule has 0 aliphatic carbocycles. The summed E-state index contributed by atoms with van der Waals surface area (Å²) in [5.41, 5.74) is 2.24. The van der Waals surface area contributed by atoms with E-state index in [2.05, 4.69) is 99.8 Å². The van der Waals surface area contributed by atoms with Crippen molar-refractivity contribution in [2.45, 2.75) is 109 Å². The summed E-state index contributed by atoms with van der Waals surface area (Å²) < 4.78 is 29.7. The molecule has 0 amide bonds. The zero-order valence-electron chi connectivity index (χ0n) is 29.7. The summed E-state index contributed by atoms with van der Waals surface area (Å²) in [6, 6.07) is 27.1. The van der Waals surface area contributed by atoms with E-state index in [1.165, 1.54) is 61.6 Å². The first-order valence-corrected chi connectivity index (χ1v) is 27.0. The molecule has 0 saturated carbocycles. The van der Waals surface area contributed by atoms with Crippen LogP contribution < -0.4 is 9.47 Å². The third kappa shape index (κ3) is 12.9. The van der Waals surface area contributed by atoms with Crippen LogP contribution in [0.1, 0.15) is 83.3 Å². The molecule has 1 heterocycles. The van der Waals surface area contributed by atoms with Gasteiger partial charge in [-0.2, -0.15) is 0 Å². The molecule has 0 spiro atoms. The Balaban J connectivity index is 1.56. The van der Waals surface area contributed by atoms with Crippen molar-refractivity contribution >= 4 is 42.4 Å². The maximum atomic E-state index is 6.70. The van der Waals surface area contributed by atoms with Crippen molar-refractivity contribution in [1.82, 2.24) is 0 Å². The fourth-order valence-corrected chi connectivity index (χ4v) is 21.8. The summed E-state index contributed by atoms with van der Waals surface area (Å²) in [5.74, 6) is 1.58. The predicted molar refractivity (Wildman–Crippen MR) is 206 cm³/mol. The Bertz CT molecular complexity index is 1360. The van der Waals surface area contributed by atoms with Gasteiger partial charge in [-0.1, -0.05) is 6.07 Å². The van der Waals surface area contributed by atoms with E-state index in [4.69, 9.17) is 23.9 Å². The summed E-state index contributed by atoms with van der Waals surface area (Å²) >= 11 is -0.583. The summed E-state index contributed by atoms with van der Waals surface area (Å²) in [5, 5.41) is 0. The second kappa shape index (κ2) is 21.7. The monoisotopic (exact) mass is 779 g/mol. The zero-order chi connectivity index (χ0) is 33.9. The Labute approximate surface area is 298 Å². The van der Waals surface area contributed by atoms with Gasteiger partial charge in [-0.25, -0.2) is 0 Å². The van der Waals surface area contributed by atoms with Crippen LogP contribution in [0.3, 0.4) is 0 Å². The zero-order valence-corrected chi connectivity index (χ0v) is 33.4. The van der Waals surface area contributed by atoms with E-state index >= 15 is 0 Å². The number of unbranched alkanes of at least 4 members (excludes halogenated alkanes) is 3. The first-order valence-electron chi connectivity index (χ1n) is 18.1. The van der Waals surface area contributed by atoms with Gasteiger partial charge in [0.1, 0.15) is 0 Å². The van der Waals surface area contributed by atoms with Crippen molar-refractivity contribution in [3.8, 4) is 11.5 Å². The standard InChI is InChI=1S/C29H30NO4S.3C4H9.Sn/c1-30-16-15-27(32-20-22-9-5-3-6-10-22)28(31-2)19-25(35-24-11-7-4-8-12-24)17-23-13-14-26-29(18-23)34-21-33-26;3*1-3-4-2;/h3-14,16-18,27-28H,1,15,19-21H2,2H3;3*1,3-4H2,2H3;/b25-17-,30-16+;;;;/t27-,28-;;;;/m0..../s1. The van der Waals surface area contributed by atoms with Crippen LogP contribution >= 0.6 is 11.8 Å². The number of rotatable bonds is 23. The molecule has 1 aliphatic rings. The number of thioether (sulfide) groups is 1. The fourth-order valence-electron chi connectivity index (χ4n) is 6.33. The average molecular weight is 779 g/mol. The normalized spacial score (nSPS) is 14.5. The Morgan fingerprint density at radius 1 is 0.833 bits per heavy atom. The first kappa shape index (κ1) is 38.5. The summed E-state index contributed by atoms with van der Waals surface area (Å²) in [7, 11) is 1.81. The summed E-state index contributed by atoms with van der Waals surface area (Å²) in [6.45, 7) is 7.82. The molecule has 0 bridgehead atoms. The molecule has 4 rings (SSSR count). The Kier molecular flexibility index (Phi) is 17.5. The number of hydrogen-bond donors (Lipinski definition) is 0. The van der Waals surface area contributed by atoms with Crippen molar-refractivity contribution in [2.75, 3.05) is 18.5 Å². The Hall–Kier alpha value is -2.26. The minimum absolute atomic E-state index is 0.137. The van der Waals surface area contributed by atoms with Crippen molar-refractivity contribution in [3.05, 3.63) is 94.9 Å². The molecule has 7 heteroatoms. The SMILES string of the molecule is CCC[CH2][Sn]([CH2]CCC)([CH2]CCC)[CH2]/N=C/C[C@H](OCc1ccccc1)[C@H](C/C(=C/c1ccc2c(c1)OCO2)Sc1ccccc1)OC. The number of hydrogen-bond acceptors (Lipinski definition) is 6. The first-order chi connectivity index (χ1) is 23.6. The van der Waals surface area contributed by atoms with Gasteiger partial charge in [0.2, 0.25) is 6.79 Å². The van der Waals surface area contributed by atoms with Crippen molar-refractivity contribution in [3.63, 3.8) is 0 Å². The molecule has 3 aromatic rings. The topological polar surface area (TPSA) is 49.3 Å². The van der Waals surface area contributed by atoms with Crippen LogP contribution in [0.4, 0.5) is 0 Å². The van der Waals surface area contributed by atoms with Gasteiger partial charge < -0.3 is 9.47 Å². The molecule has 0 saturated heterocycles. The molecule has 260 valence electrons. The minimum atomic E-state index is -2.36. The van der Waals surface area contributed by atoms with Gasteiger partial charge in [-0.15, -0.1) is 0 Å². The molecule has 0 N–H and O–H groups in total. The molecule has 0 radical (unpaired) electrons. The van der Waals surface area contributed by atoms with Gasteiger partial charge >= 0.3 is 272 Å². The third-order valence-electron chi connectivity index (χ3n) is 9.22. The van der Waals surface area contributed by atoms with E-state index in [-0.39, 0.29) is 19.0 Å². The molecule has 48 heavy (non-hydrogen) atoms. The quantitative estimate of drug-likeness (QED) is 0.0545. The van der Waals surface area contributed by atoms with E-state index in [1.807, 2.05) is 19.2 Å². The maximum absolute atomic E-state index is 6.70. The fraction of sp³-hybridized carbons (Fsp3) is 0.488. The molecule has 5 nitrogen and oxygen atoms in total. The summed E-state index contributed by atoms with van der Waals surface area (Å²) in [4.78, 5) is 7.64. The van der Waals surface area contributed by atoms with Gasteiger partial charge in [-0.3, -0.25) is 0 Å². The van der Waals surface area contributed by atoms with E-state index in [9.17, 15) is 0 Å². The van der Waals surface area contributed by atoms with Crippen molar-refractivity contribution in [1.29, 1.82) is 0 Å². The Morgan fingerprint density at radius 3 is 2.12 bits per heavy atom. The molecule has 2 atom stereocenters. The molecule has 0 aromatic heterocycles. The summed E-state index contributed by atoms with van der Waals surface area (Å²) in [6.07, 6.45) is 13.5. The molecule has 1 aliphatic heterocycles. The van der Waals surface area contributed by atoms with E-state index < -0.39 is 18.4 Å². The van der Waals surface area contributed by atoms with Crippen molar-refractivity contribution in [2.24, 2.45) is 4.99 Å². The van der Waals surface area contributed by atoms with E-state index in [0.717, 1.165) is 33.6 Å². The number of fused-ring (bicyclic) bond motifs is 1. The van der Waals surface area contributed by atoms with Crippen molar-refractivity contribution < 1.29 is 18.9 Å². The number of nitrogens with zero attached hydrogens (tertiary/aromatic N) is 1. The molecular weight excluding hydrogens is 721 g/mol. The van der Waals surface area contributed by atoms with Crippen LogP contribution in [-0.2, 0) is 16.1 Å². The number of aliphatic imine (C=N–C) groups is 1. The third-order valence-corrected chi connectivity index (χ3v) is 24.8. The van der Waals surface area contributed by atoms with Crippen LogP contribution in [0, 0.1) is 0 Å². The average Bonchev–Trinajstić information content (AvgIpc) is 3.60.